The van der Waals surface area contributed by atoms with Crippen molar-refractivity contribution in [3.05, 3.63) is 77.1 Å². The third kappa shape index (κ3) is 3.67. The van der Waals surface area contributed by atoms with E-state index in [0.29, 0.717) is 24.5 Å². The second-order valence-electron chi connectivity index (χ2n) is 7.52. The smallest absolute Gasteiger partial charge is 0.361 e. The molecule has 1 saturated heterocycles. The molecule has 1 aliphatic rings. The molecule has 1 aromatic carbocycles. The Morgan fingerprint density at radius 1 is 1.21 bits per heavy atom. The van der Waals surface area contributed by atoms with Gasteiger partial charge in [0.05, 0.1) is 5.56 Å². The Kier molecular flexibility index (Phi) is 4.73. The van der Waals surface area contributed by atoms with Crippen molar-refractivity contribution in [2.75, 3.05) is 18.0 Å². The topological polar surface area (TPSA) is 31.9 Å². The predicted octanol–water partition coefficient (Wildman–Crippen LogP) is 6.13. The number of aromatic nitrogens is 2. The number of allylic oxidation sites excluding steroid dienone is 1. The van der Waals surface area contributed by atoms with Crippen molar-refractivity contribution in [1.82, 2.24) is 9.97 Å². The molecule has 0 amide bonds. The monoisotopic (exact) mass is 397 g/mol. The van der Waals surface area contributed by atoms with Crippen LogP contribution in [0.5, 0.6) is 0 Å². The number of nitrogens with one attached hydrogen (secondary N) is 1. The molecule has 6 heteroatoms. The predicted molar refractivity (Wildman–Crippen MR) is 111 cm³/mol. The van der Waals surface area contributed by atoms with Crippen LogP contribution in [0.3, 0.4) is 0 Å². The van der Waals surface area contributed by atoms with Crippen LogP contribution in [0, 0.1) is 6.92 Å². The van der Waals surface area contributed by atoms with Crippen LogP contribution in [0.4, 0.5) is 19.0 Å². The van der Waals surface area contributed by atoms with Crippen LogP contribution in [0.1, 0.15) is 30.0 Å². The fourth-order valence-electron chi connectivity index (χ4n) is 3.88. The van der Waals surface area contributed by atoms with Gasteiger partial charge in [0.25, 0.3) is 0 Å². The van der Waals surface area contributed by atoms with E-state index in [0.717, 1.165) is 45.8 Å². The molecule has 0 aliphatic carbocycles. The number of nitrogens with zero attached hydrogens (tertiary/aromatic N) is 2. The fourth-order valence-corrected chi connectivity index (χ4v) is 3.88. The van der Waals surface area contributed by atoms with E-state index in [4.69, 9.17) is 0 Å². The van der Waals surface area contributed by atoms with Gasteiger partial charge in [-0.25, -0.2) is 4.98 Å². The number of aryl methyl sites for hydroxylation is 1. The van der Waals surface area contributed by atoms with Gasteiger partial charge in [0.2, 0.25) is 0 Å². The quantitative estimate of drug-likeness (QED) is 0.564. The molecule has 1 N–H and O–H groups in total. The molecule has 3 nitrogen and oxygen atoms in total. The summed E-state index contributed by atoms with van der Waals surface area (Å²) < 4.78 is 38.9. The Morgan fingerprint density at radius 2 is 2.00 bits per heavy atom. The summed E-state index contributed by atoms with van der Waals surface area (Å²) in [6, 6.07) is 9.48. The molecule has 3 heterocycles. The Labute approximate surface area is 167 Å². The number of aromatic amines is 1. The zero-order chi connectivity index (χ0) is 20.8. The molecular weight excluding hydrogens is 375 g/mol. The van der Waals surface area contributed by atoms with E-state index >= 15 is 0 Å². The number of alkyl halides is 3. The molecule has 0 atom stereocenters. The van der Waals surface area contributed by atoms with E-state index < -0.39 is 11.7 Å². The fraction of sp³-hybridized carbons (Fsp3) is 0.261. The van der Waals surface area contributed by atoms with Crippen molar-refractivity contribution in [3.63, 3.8) is 0 Å². The summed E-state index contributed by atoms with van der Waals surface area (Å²) in [5.74, 6) is 0.594. The lowest BCUT2D eigenvalue weighted by molar-refractivity contribution is -0.137. The zero-order valence-electron chi connectivity index (χ0n) is 16.4. The number of rotatable bonds is 2. The molecule has 150 valence electrons. The van der Waals surface area contributed by atoms with E-state index in [9.17, 15) is 13.2 Å². The Balaban J connectivity index is 1.67. The van der Waals surface area contributed by atoms with Crippen LogP contribution < -0.4 is 4.90 Å². The van der Waals surface area contributed by atoms with Crippen LogP contribution in [-0.2, 0) is 6.18 Å². The first-order valence-electron chi connectivity index (χ1n) is 9.48. The summed E-state index contributed by atoms with van der Waals surface area (Å²) in [5, 5.41) is 1.14. The molecule has 0 spiro atoms. The molecule has 0 bridgehead atoms. The van der Waals surface area contributed by atoms with E-state index in [1.54, 1.807) is 6.92 Å². The second-order valence-corrected chi connectivity index (χ2v) is 7.52. The number of fused-ring (bicyclic) bond motifs is 1. The molecule has 0 unspecified atom stereocenters. The van der Waals surface area contributed by atoms with Crippen LogP contribution in [-0.4, -0.2) is 23.1 Å². The summed E-state index contributed by atoms with van der Waals surface area (Å²) in [6.45, 7) is 9.25. The summed E-state index contributed by atoms with van der Waals surface area (Å²) in [4.78, 5) is 9.38. The molecule has 1 fully saturated rings. The lowest BCUT2D eigenvalue weighted by Gasteiger charge is -2.33. The van der Waals surface area contributed by atoms with E-state index in [2.05, 4.69) is 41.7 Å². The lowest BCUT2D eigenvalue weighted by Crippen LogP contribution is -2.33. The summed E-state index contributed by atoms with van der Waals surface area (Å²) in [7, 11) is 0. The maximum Gasteiger partial charge on any atom is 0.417 e. The Hall–Kier alpha value is -3.02. The number of anilines is 1. The molecule has 1 aliphatic heterocycles. The minimum absolute atomic E-state index is 0.526. The first-order chi connectivity index (χ1) is 13.7. The Bertz CT molecular complexity index is 1120. The van der Waals surface area contributed by atoms with E-state index in [1.165, 1.54) is 6.07 Å². The molecule has 0 saturated carbocycles. The second kappa shape index (κ2) is 7.10. The molecule has 3 aromatic rings. The zero-order valence-corrected chi connectivity index (χ0v) is 16.4. The SMILES string of the molecule is C=C1CCN(c2ncc(C(F)(F)F)cc2C)C/C1=C(/C)c1ccc2[nH]ccc2c1. The molecule has 0 radical (unpaired) electrons. The number of hydrogen-bond donors (Lipinski definition) is 1. The minimum atomic E-state index is -4.38. The van der Waals surface area contributed by atoms with Crippen molar-refractivity contribution < 1.29 is 13.2 Å². The van der Waals surface area contributed by atoms with Crippen LogP contribution >= 0.6 is 0 Å². The highest BCUT2D eigenvalue weighted by Gasteiger charge is 2.32. The van der Waals surface area contributed by atoms with Gasteiger partial charge >= 0.3 is 6.18 Å². The first-order valence-corrected chi connectivity index (χ1v) is 9.48. The highest BCUT2D eigenvalue weighted by molar-refractivity contribution is 5.85. The average molecular weight is 397 g/mol. The van der Waals surface area contributed by atoms with Gasteiger partial charge in [0.15, 0.2) is 0 Å². The number of halogens is 3. The average Bonchev–Trinajstić information content (AvgIpc) is 3.15. The summed E-state index contributed by atoms with van der Waals surface area (Å²) in [5.41, 5.74) is 5.33. The maximum atomic E-state index is 13.0. The van der Waals surface area contributed by atoms with Crippen molar-refractivity contribution in [1.29, 1.82) is 0 Å². The summed E-state index contributed by atoms with van der Waals surface area (Å²) in [6.07, 6.45) is -0.800. The number of pyridine rings is 1. The van der Waals surface area contributed by atoms with E-state index in [-0.39, 0.29) is 0 Å². The number of hydrogen-bond acceptors (Lipinski definition) is 2. The van der Waals surface area contributed by atoms with Gasteiger partial charge in [-0.3, -0.25) is 0 Å². The van der Waals surface area contributed by atoms with Crippen molar-refractivity contribution in [3.8, 4) is 0 Å². The minimum Gasteiger partial charge on any atom is -0.361 e. The largest absolute Gasteiger partial charge is 0.417 e. The third-order valence-electron chi connectivity index (χ3n) is 5.58. The number of piperidine rings is 1. The van der Waals surface area contributed by atoms with Gasteiger partial charge in [-0.2, -0.15) is 13.2 Å². The Morgan fingerprint density at radius 3 is 2.72 bits per heavy atom. The van der Waals surface area contributed by atoms with Gasteiger partial charge < -0.3 is 9.88 Å². The van der Waals surface area contributed by atoms with Crippen LogP contribution in [0.25, 0.3) is 16.5 Å². The highest BCUT2D eigenvalue weighted by Crippen LogP contribution is 2.35. The normalized spacial score (nSPS) is 17.1. The van der Waals surface area contributed by atoms with Crippen molar-refractivity contribution in [2.45, 2.75) is 26.4 Å². The standard InChI is InChI=1S/C23H22F3N3/c1-14-7-9-29(22-15(2)10-19(12-28-22)23(24,25)26)13-20(14)16(3)17-4-5-21-18(11-17)6-8-27-21/h4-6,8,10-12,27H,1,7,9,13H2,2-3H3/b20-16+. The van der Waals surface area contributed by atoms with Gasteiger partial charge in [0.1, 0.15) is 5.82 Å². The van der Waals surface area contributed by atoms with Crippen molar-refractivity contribution >= 4 is 22.3 Å². The van der Waals surface area contributed by atoms with Gasteiger partial charge in [-0.1, -0.05) is 12.6 Å². The van der Waals surface area contributed by atoms with E-state index in [1.807, 2.05) is 17.2 Å². The molecule has 29 heavy (non-hydrogen) atoms. The molecule has 2 aromatic heterocycles. The molecule has 4 rings (SSSR count). The van der Waals surface area contributed by atoms with Crippen molar-refractivity contribution in [2.24, 2.45) is 0 Å². The van der Waals surface area contributed by atoms with Gasteiger partial charge in [0, 0.05) is 31.0 Å². The van der Waals surface area contributed by atoms with Gasteiger partial charge in [-0.05, 0) is 77.8 Å². The number of benzene rings is 1. The number of H-pyrrole nitrogens is 1. The third-order valence-corrected chi connectivity index (χ3v) is 5.58. The molecular formula is C23H22F3N3. The summed E-state index contributed by atoms with van der Waals surface area (Å²) >= 11 is 0. The maximum absolute atomic E-state index is 13.0. The van der Waals surface area contributed by atoms with Gasteiger partial charge in [-0.15, -0.1) is 0 Å². The van der Waals surface area contributed by atoms with Crippen LogP contribution in [0.2, 0.25) is 0 Å². The lowest BCUT2D eigenvalue weighted by atomic mass is 9.91. The highest BCUT2D eigenvalue weighted by atomic mass is 19.4. The van der Waals surface area contributed by atoms with Crippen LogP contribution in [0.15, 0.2) is 60.5 Å². The first kappa shape index (κ1) is 19.3.